The Kier molecular flexibility index (Phi) is 5.57. The van der Waals surface area contributed by atoms with E-state index in [2.05, 4.69) is 15.6 Å². The van der Waals surface area contributed by atoms with Crippen molar-refractivity contribution in [2.45, 2.75) is 43.7 Å². The number of benzene rings is 1. The summed E-state index contributed by atoms with van der Waals surface area (Å²) in [7, 11) is 0. The Balaban J connectivity index is 1.69. The number of halogens is 1. The maximum absolute atomic E-state index is 14.0. The molecule has 1 aliphatic carbocycles. The van der Waals surface area contributed by atoms with Crippen molar-refractivity contribution < 1.29 is 19.4 Å². The van der Waals surface area contributed by atoms with Gasteiger partial charge in [0.2, 0.25) is 0 Å². The van der Waals surface area contributed by atoms with Crippen molar-refractivity contribution in [2.24, 2.45) is 0 Å². The first-order chi connectivity index (χ1) is 12.1. The molecule has 1 amide bonds. The lowest BCUT2D eigenvalue weighted by Gasteiger charge is -2.32. The lowest BCUT2D eigenvalue weighted by atomic mass is 9.91. The fourth-order valence-corrected chi connectivity index (χ4v) is 3.24. The van der Waals surface area contributed by atoms with E-state index >= 15 is 0 Å². The van der Waals surface area contributed by atoms with Gasteiger partial charge in [0, 0.05) is 35.8 Å². The molecule has 1 fully saturated rings. The Morgan fingerprint density at radius 1 is 1.36 bits per heavy atom. The summed E-state index contributed by atoms with van der Waals surface area (Å²) in [6.07, 6.45) is 1.72. The quantitative estimate of drug-likeness (QED) is 0.608. The van der Waals surface area contributed by atoms with Gasteiger partial charge in [0.25, 0.3) is 5.91 Å². The van der Waals surface area contributed by atoms with Crippen molar-refractivity contribution in [3.05, 3.63) is 42.2 Å². The smallest absolute Gasteiger partial charge is 0.253 e. The van der Waals surface area contributed by atoms with Gasteiger partial charge in [0.15, 0.2) is 0 Å². The maximum atomic E-state index is 14.0. The molecule has 1 aromatic carbocycles. The zero-order valence-electron chi connectivity index (χ0n) is 13.7. The van der Waals surface area contributed by atoms with Crippen molar-refractivity contribution in [3.8, 4) is 0 Å². The highest BCUT2D eigenvalue weighted by Gasteiger charge is 2.31. The average Bonchev–Trinajstić information content (AvgIpc) is 2.62. The molecule has 6 nitrogen and oxygen atoms in total. The van der Waals surface area contributed by atoms with Gasteiger partial charge in [-0.2, -0.15) is 0 Å². The van der Waals surface area contributed by atoms with Gasteiger partial charge < -0.3 is 15.5 Å². The topological polar surface area (TPSA) is 94.5 Å². The Morgan fingerprint density at radius 3 is 2.96 bits per heavy atom. The van der Waals surface area contributed by atoms with Crippen LogP contribution in [0.25, 0.3) is 10.8 Å². The summed E-state index contributed by atoms with van der Waals surface area (Å²) in [6, 6.07) is 6.58. The van der Waals surface area contributed by atoms with Crippen LogP contribution < -0.4 is 10.6 Å². The van der Waals surface area contributed by atoms with E-state index in [0.29, 0.717) is 18.4 Å². The number of amides is 1. The van der Waals surface area contributed by atoms with Crippen LogP contribution >= 0.6 is 0 Å². The van der Waals surface area contributed by atoms with Crippen LogP contribution in [0.2, 0.25) is 0 Å². The number of aromatic nitrogens is 1. The second kappa shape index (κ2) is 7.86. The molecule has 4 N–H and O–H groups in total. The third-order valence-electron chi connectivity index (χ3n) is 4.57. The molecule has 0 saturated heterocycles. The van der Waals surface area contributed by atoms with E-state index in [1.807, 2.05) is 6.07 Å². The number of rotatable bonds is 5. The molecule has 25 heavy (non-hydrogen) atoms. The zero-order chi connectivity index (χ0) is 17.8. The van der Waals surface area contributed by atoms with Crippen molar-refractivity contribution in [1.29, 1.82) is 0 Å². The summed E-state index contributed by atoms with van der Waals surface area (Å²) in [5.74, 6) is -0.352. The van der Waals surface area contributed by atoms with Crippen molar-refractivity contribution >= 4 is 16.7 Å². The maximum Gasteiger partial charge on any atom is 0.253 e. The number of hydrogen-bond donors (Lipinski definition) is 4. The minimum Gasteiger partial charge on any atom is -0.393 e. The number of fused-ring (bicyclic) bond motifs is 1. The van der Waals surface area contributed by atoms with Crippen molar-refractivity contribution in [1.82, 2.24) is 15.6 Å². The number of alkyl halides is 1. The molecule has 4 unspecified atom stereocenters. The van der Waals surface area contributed by atoms with E-state index in [1.54, 1.807) is 30.6 Å². The van der Waals surface area contributed by atoms with Gasteiger partial charge in [0.05, 0.1) is 12.7 Å². The molecule has 1 aliphatic rings. The Morgan fingerprint density at radius 2 is 2.20 bits per heavy atom. The van der Waals surface area contributed by atoms with Gasteiger partial charge in [-0.25, -0.2) is 4.39 Å². The number of nitrogens with zero attached hydrogens (tertiary/aromatic N) is 1. The number of carbonyl (C=O) groups excluding carboxylic acids is 1. The SMILES string of the molecule is O=C(NC(CO)NC1CCC(O)CC1F)c1cccc2cnccc12. The molecular formula is C18H22FN3O3. The van der Waals surface area contributed by atoms with E-state index in [0.717, 1.165) is 10.8 Å². The normalized spacial score (nSPS) is 24.8. The van der Waals surface area contributed by atoms with Crippen LogP contribution in [0.1, 0.15) is 29.6 Å². The van der Waals surface area contributed by atoms with Gasteiger partial charge in [-0.15, -0.1) is 0 Å². The fraction of sp³-hybridized carbons (Fsp3) is 0.444. The average molecular weight is 347 g/mol. The Labute approximate surface area is 145 Å². The van der Waals surface area contributed by atoms with E-state index in [9.17, 15) is 19.4 Å². The molecule has 2 aromatic rings. The summed E-state index contributed by atoms with van der Waals surface area (Å²) >= 11 is 0. The summed E-state index contributed by atoms with van der Waals surface area (Å²) in [5, 5.41) is 26.3. The van der Waals surface area contributed by atoms with Crippen molar-refractivity contribution in [3.63, 3.8) is 0 Å². The first-order valence-electron chi connectivity index (χ1n) is 8.41. The minimum absolute atomic E-state index is 0.0695. The molecular weight excluding hydrogens is 325 g/mol. The van der Waals surface area contributed by atoms with Crippen LogP contribution in [0, 0.1) is 0 Å². The van der Waals surface area contributed by atoms with Crippen LogP contribution in [0.4, 0.5) is 4.39 Å². The molecule has 1 saturated carbocycles. The molecule has 3 rings (SSSR count). The fourth-order valence-electron chi connectivity index (χ4n) is 3.24. The summed E-state index contributed by atoms with van der Waals surface area (Å²) < 4.78 is 14.0. The highest BCUT2D eigenvalue weighted by Crippen LogP contribution is 2.22. The van der Waals surface area contributed by atoms with E-state index in [-0.39, 0.29) is 18.9 Å². The molecule has 1 aromatic heterocycles. The van der Waals surface area contributed by atoms with Gasteiger partial charge in [-0.1, -0.05) is 12.1 Å². The predicted octanol–water partition coefficient (Wildman–Crippen LogP) is 1.12. The van der Waals surface area contributed by atoms with Gasteiger partial charge >= 0.3 is 0 Å². The molecule has 7 heteroatoms. The Hall–Kier alpha value is -2.09. The molecule has 0 bridgehead atoms. The number of aliphatic hydroxyl groups excluding tert-OH is 2. The number of carbonyl (C=O) groups is 1. The van der Waals surface area contributed by atoms with Gasteiger partial charge in [-0.3, -0.25) is 15.1 Å². The van der Waals surface area contributed by atoms with Crippen molar-refractivity contribution in [2.75, 3.05) is 6.61 Å². The van der Waals surface area contributed by atoms with E-state index < -0.39 is 24.5 Å². The lowest BCUT2D eigenvalue weighted by Crippen LogP contribution is -2.55. The van der Waals surface area contributed by atoms with Crippen LogP contribution in [0.5, 0.6) is 0 Å². The number of hydrogen-bond acceptors (Lipinski definition) is 5. The summed E-state index contributed by atoms with van der Waals surface area (Å²) in [5.41, 5.74) is 0.469. The Bertz CT molecular complexity index is 737. The zero-order valence-corrected chi connectivity index (χ0v) is 13.7. The molecule has 1 heterocycles. The van der Waals surface area contributed by atoms with Gasteiger partial charge in [-0.05, 0) is 30.4 Å². The van der Waals surface area contributed by atoms with E-state index in [4.69, 9.17) is 0 Å². The second-order valence-corrected chi connectivity index (χ2v) is 6.37. The standard InChI is InChI=1S/C18H22FN3O3/c19-15-8-12(24)4-5-16(15)21-17(10-23)22-18(25)14-3-1-2-11-9-20-7-6-13(11)14/h1-3,6-7,9,12,15-17,21,23-24H,4-5,8,10H2,(H,22,25). The number of nitrogens with one attached hydrogen (secondary N) is 2. The molecule has 4 atom stereocenters. The predicted molar refractivity (Wildman–Crippen MR) is 91.8 cm³/mol. The first-order valence-corrected chi connectivity index (χ1v) is 8.41. The van der Waals surface area contributed by atoms with Crippen LogP contribution in [0.3, 0.4) is 0 Å². The summed E-state index contributed by atoms with van der Waals surface area (Å²) in [4.78, 5) is 16.6. The monoisotopic (exact) mass is 347 g/mol. The highest BCUT2D eigenvalue weighted by molar-refractivity contribution is 6.06. The molecule has 134 valence electrons. The molecule has 0 radical (unpaired) electrons. The molecule has 0 spiro atoms. The number of pyridine rings is 1. The van der Waals surface area contributed by atoms with Crippen LogP contribution in [0.15, 0.2) is 36.7 Å². The van der Waals surface area contributed by atoms with E-state index in [1.165, 1.54) is 0 Å². The van der Waals surface area contributed by atoms with Gasteiger partial charge in [0.1, 0.15) is 12.3 Å². The highest BCUT2D eigenvalue weighted by atomic mass is 19.1. The largest absolute Gasteiger partial charge is 0.393 e. The molecule has 0 aliphatic heterocycles. The minimum atomic E-state index is -1.21. The third-order valence-corrected chi connectivity index (χ3v) is 4.57. The van der Waals surface area contributed by atoms with Crippen LogP contribution in [-0.2, 0) is 0 Å². The second-order valence-electron chi connectivity index (χ2n) is 6.37. The third kappa shape index (κ3) is 4.12. The summed E-state index contributed by atoms with van der Waals surface area (Å²) in [6.45, 7) is -0.357. The van der Waals surface area contributed by atoms with Crippen LogP contribution in [-0.4, -0.2) is 52.2 Å². The number of aliphatic hydroxyl groups is 2. The lowest BCUT2D eigenvalue weighted by molar-refractivity contribution is 0.0517. The first kappa shape index (κ1) is 17.7.